The van der Waals surface area contributed by atoms with E-state index in [1.54, 1.807) is 6.07 Å². The summed E-state index contributed by atoms with van der Waals surface area (Å²) < 4.78 is 5.29. The first-order valence-electron chi connectivity index (χ1n) is 11.4. The van der Waals surface area contributed by atoms with E-state index in [-0.39, 0.29) is 12.1 Å². The summed E-state index contributed by atoms with van der Waals surface area (Å²) in [5.74, 6) is 0.225. The van der Waals surface area contributed by atoms with Gasteiger partial charge in [0.2, 0.25) is 0 Å². The number of nitrogens with one attached hydrogen (secondary N) is 1. The highest BCUT2D eigenvalue weighted by Gasteiger charge is 2.26. The van der Waals surface area contributed by atoms with Gasteiger partial charge in [0, 0.05) is 0 Å². The van der Waals surface area contributed by atoms with Gasteiger partial charge in [0.1, 0.15) is 18.6 Å². The fourth-order valence-electron chi connectivity index (χ4n) is 4.71. The lowest BCUT2D eigenvalue weighted by Crippen LogP contribution is -2.37. The van der Waals surface area contributed by atoms with Crippen LogP contribution in [0.2, 0.25) is 0 Å². The molecule has 0 radical (unpaired) electrons. The van der Waals surface area contributed by atoms with Gasteiger partial charge in [0.15, 0.2) is 0 Å². The smallest absolute Gasteiger partial charge is 0.337 e. The third-order valence-corrected chi connectivity index (χ3v) is 6.29. The lowest BCUT2D eigenvalue weighted by molar-refractivity contribution is -0.137. The number of carbonyl (C=O) groups is 2. The van der Waals surface area contributed by atoms with E-state index in [0.717, 1.165) is 54.2 Å². The molecule has 33 heavy (non-hydrogen) atoms. The number of fused-ring (bicyclic) bond motifs is 1. The first kappa shape index (κ1) is 22.9. The molecule has 0 saturated heterocycles. The number of carbonyl (C=O) groups excluding carboxylic acids is 2. The second-order valence-electron chi connectivity index (χ2n) is 8.53. The van der Waals surface area contributed by atoms with E-state index in [2.05, 4.69) is 35.6 Å². The molecule has 0 aliphatic heterocycles. The highest BCUT2D eigenvalue weighted by atomic mass is 16.5. The molecule has 0 saturated carbocycles. The third-order valence-electron chi connectivity index (χ3n) is 6.29. The molecular formula is C28H29NO4. The molecule has 1 aliphatic carbocycles. The highest BCUT2D eigenvalue weighted by molar-refractivity contribution is 5.74. The zero-order chi connectivity index (χ0) is 23.0. The molecule has 3 aromatic rings. The Morgan fingerprint density at radius 3 is 2.27 bits per heavy atom. The van der Waals surface area contributed by atoms with Crippen molar-refractivity contribution in [3.8, 4) is 5.75 Å². The molecule has 170 valence electrons. The maximum Gasteiger partial charge on any atom is 0.337 e. The molecular weight excluding hydrogens is 414 g/mol. The zero-order valence-electron chi connectivity index (χ0n) is 18.5. The average molecular weight is 444 g/mol. The van der Waals surface area contributed by atoms with E-state index >= 15 is 0 Å². The van der Waals surface area contributed by atoms with Gasteiger partial charge in [-0.05, 0) is 59.9 Å². The summed E-state index contributed by atoms with van der Waals surface area (Å²) >= 11 is 0. The molecule has 0 amide bonds. The van der Waals surface area contributed by atoms with Crippen molar-refractivity contribution in [2.45, 2.75) is 37.8 Å². The Morgan fingerprint density at radius 1 is 1.00 bits per heavy atom. The predicted octanol–water partition coefficient (Wildman–Crippen LogP) is 4.03. The van der Waals surface area contributed by atoms with Crippen LogP contribution in [0.1, 0.15) is 41.1 Å². The van der Waals surface area contributed by atoms with Gasteiger partial charge in [-0.1, -0.05) is 72.8 Å². The van der Waals surface area contributed by atoms with Crippen molar-refractivity contribution in [1.29, 1.82) is 0 Å². The molecule has 3 aromatic carbocycles. The Balaban J connectivity index is 1.47. The summed E-state index contributed by atoms with van der Waals surface area (Å²) in [5, 5.41) is 12.6. The maximum atomic E-state index is 12.1. The fourth-order valence-corrected chi connectivity index (χ4v) is 4.71. The third kappa shape index (κ3) is 5.75. The topological polar surface area (TPSA) is 75.6 Å². The summed E-state index contributed by atoms with van der Waals surface area (Å²) in [6.45, 7) is -0.636. The van der Waals surface area contributed by atoms with Gasteiger partial charge < -0.3 is 14.6 Å². The van der Waals surface area contributed by atoms with Crippen LogP contribution in [0, 0.1) is 5.92 Å². The minimum atomic E-state index is -0.649. The number of ether oxygens (including phenoxy) is 1. The van der Waals surface area contributed by atoms with Crippen molar-refractivity contribution in [1.82, 2.24) is 5.32 Å². The first-order chi connectivity index (χ1) is 16.2. The van der Waals surface area contributed by atoms with Gasteiger partial charge >= 0.3 is 5.97 Å². The summed E-state index contributed by atoms with van der Waals surface area (Å²) in [7, 11) is 0. The summed E-state index contributed by atoms with van der Waals surface area (Å²) in [5.41, 5.74) is 4.42. The second-order valence-corrected chi connectivity index (χ2v) is 8.53. The minimum absolute atomic E-state index is 0.0667. The molecule has 2 unspecified atom stereocenters. The van der Waals surface area contributed by atoms with Crippen molar-refractivity contribution in [3.05, 3.63) is 101 Å². The number of aldehydes is 1. The summed E-state index contributed by atoms with van der Waals surface area (Å²) in [6.07, 6.45) is 4.27. The first-order valence-corrected chi connectivity index (χ1v) is 11.4. The van der Waals surface area contributed by atoms with Crippen molar-refractivity contribution in [2.24, 2.45) is 5.92 Å². The number of aliphatic hydroxyl groups is 1. The number of hydrogen-bond acceptors (Lipinski definition) is 5. The van der Waals surface area contributed by atoms with Gasteiger partial charge in [0.05, 0.1) is 12.1 Å². The zero-order valence-corrected chi connectivity index (χ0v) is 18.5. The summed E-state index contributed by atoms with van der Waals surface area (Å²) in [4.78, 5) is 23.6. The molecule has 5 heteroatoms. The van der Waals surface area contributed by atoms with Crippen LogP contribution in [0.25, 0.3) is 0 Å². The van der Waals surface area contributed by atoms with E-state index in [0.29, 0.717) is 11.7 Å². The average Bonchev–Trinajstić information content (AvgIpc) is 2.87. The van der Waals surface area contributed by atoms with Crippen LogP contribution < -0.4 is 10.1 Å². The highest BCUT2D eigenvalue weighted by Crippen LogP contribution is 2.34. The lowest BCUT2D eigenvalue weighted by atomic mass is 9.80. The van der Waals surface area contributed by atoms with Gasteiger partial charge in [0.25, 0.3) is 0 Å². The molecule has 2 N–H and O–H groups in total. The number of aliphatic hydroxyl groups excluding tert-OH is 1. The van der Waals surface area contributed by atoms with Gasteiger partial charge in [-0.25, -0.2) is 4.79 Å². The van der Waals surface area contributed by atoms with E-state index < -0.39 is 12.6 Å². The maximum absolute atomic E-state index is 12.1. The van der Waals surface area contributed by atoms with Crippen LogP contribution in [-0.2, 0) is 22.4 Å². The molecule has 0 spiro atoms. The van der Waals surface area contributed by atoms with E-state index in [1.807, 2.05) is 42.5 Å². The molecule has 0 heterocycles. The number of benzene rings is 3. The Kier molecular flexibility index (Phi) is 7.66. The van der Waals surface area contributed by atoms with Gasteiger partial charge in [-0.2, -0.15) is 0 Å². The Bertz CT molecular complexity index is 1030. The fraction of sp³-hybridized carbons (Fsp3) is 0.286. The number of hydrogen-bond donors (Lipinski definition) is 2. The van der Waals surface area contributed by atoms with Crippen molar-refractivity contribution >= 4 is 12.3 Å². The van der Waals surface area contributed by atoms with Crippen molar-refractivity contribution in [2.75, 3.05) is 6.61 Å². The van der Waals surface area contributed by atoms with Crippen LogP contribution in [0.15, 0.2) is 78.9 Å². The van der Waals surface area contributed by atoms with Crippen LogP contribution in [0.3, 0.4) is 0 Å². The molecule has 0 bridgehead atoms. The molecule has 2 atom stereocenters. The van der Waals surface area contributed by atoms with Crippen LogP contribution in [0.5, 0.6) is 5.75 Å². The molecule has 4 rings (SSSR count). The van der Waals surface area contributed by atoms with Gasteiger partial charge in [-0.3, -0.25) is 5.32 Å². The van der Waals surface area contributed by atoms with E-state index in [4.69, 9.17) is 9.84 Å². The SMILES string of the molecule is O=CC(CC1CCc2c(cccc2OC(=O)CO)C1)NC(c1ccccc1)c1ccccc1. The predicted molar refractivity (Wildman–Crippen MR) is 127 cm³/mol. The molecule has 1 aliphatic rings. The van der Waals surface area contributed by atoms with Crippen molar-refractivity contribution < 1.29 is 19.4 Å². The van der Waals surface area contributed by atoms with Crippen molar-refractivity contribution in [3.63, 3.8) is 0 Å². The number of esters is 1. The Hall–Kier alpha value is -3.28. The Labute approximate surface area is 194 Å². The van der Waals surface area contributed by atoms with Gasteiger partial charge in [-0.15, -0.1) is 0 Å². The summed E-state index contributed by atoms with van der Waals surface area (Å²) in [6, 6.07) is 25.7. The molecule has 0 fully saturated rings. The molecule has 5 nitrogen and oxygen atoms in total. The molecule has 0 aromatic heterocycles. The standard InChI is InChI=1S/C28H29NO4/c30-18-24(29-28(21-8-3-1-4-9-21)22-10-5-2-6-11-22)17-20-14-15-25-23(16-20)12-7-13-26(25)33-27(32)19-31/h1-13,18,20,24,28-29,31H,14-17,19H2. The van der Waals surface area contributed by atoms with E-state index in [1.165, 1.54) is 0 Å². The van der Waals surface area contributed by atoms with Crippen LogP contribution >= 0.6 is 0 Å². The second kappa shape index (κ2) is 11.0. The Morgan fingerprint density at radius 2 is 1.67 bits per heavy atom. The van der Waals surface area contributed by atoms with E-state index in [9.17, 15) is 9.59 Å². The lowest BCUT2D eigenvalue weighted by Gasteiger charge is -2.30. The van der Waals surface area contributed by atoms with Crippen LogP contribution in [-0.4, -0.2) is 30.0 Å². The normalized spacial score (nSPS) is 16.1. The monoisotopic (exact) mass is 443 g/mol. The minimum Gasteiger partial charge on any atom is -0.425 e. The largest absolute Gasteiger partial charge is 0.425 e. The number of rotatable bonds is 9. The quantitative estimate of drug-likeness (QED) is 0.297. The van der Waals surface area contributed by atoms with Crippen LogP contribution in [0.4, 0.5) is 0 Å².